The highest BCUT2D eigenvalue weighted by Gasteiger charge is 2.37. The molecule has 0 spiro atoms. The smallest absolute Gasteiger partial charge is 0.271 e. The van der Waals surface area contributed by atoms with Gasteiger partial charge >= 0.3 is 0 Å². The van der Waals surface area contributed by atoms with Crippen LogP contribution in [0.5, 0.6) is 0 Å². The number of nitro benzene ring substituents is 1. The lowest BCUT2D eigenvalue weighted by molar-refractivity contribution is -0.385. The number of alkyl halides is 1. The average molecular weight is 392 g/mol. The number of nitro groups is 1. The second-order valence-electron chi connectivity index (χ2n) is 4.68. The summed E-state index contributed by atoms with van der Waals surface area (Å²) in [5.41, 5.74) is 0.00286. The summed E-state index contributed by atoms with van der Waals surface area (Å²) in [6.07, 6.45) is 2.95. The molecule has 19 heavy (non-hydrogen) atoms. The van der Waals surface area contributed by atoms with E-state index < -0.39 is 4.92 Å². The molecule has 0 aliphatic heterocycles. The lowest BCUT2D eigenvalue weighted by Gasteiger charge is -2.41. The summed E-state index contributed by atoms with van der Waals surface area (Å²) in [5.74, 6) is -0.274. The summed E-state index contributed by atoms with van der Waals surface area (Å²) in [7, 11) is 0. The van der Waals surface area contributed by atoms with Crippen molar-refractivity contribution in [2.75, 3.05) is 5.33 Å². The van der Waals surface area contributed by atoms with Crippen molar-refractivity contribution in [1.82, 2.24) is 5.32 Å². The van der Waals surface area contributed by atoms with Gasteiger partial charge in [-0.2, -0.15) is 0 Å². The Kier molecular flexibility index (Phi) is 4.25. The van der Waals surface area contributed by atoms with Gasteiger partial charge in [-0.15, -0.1) is 0 Å². The molecular formula is C12H12Br2N2O3. The van der Waals surface area contributed by atoms with E-state index in [4.69, 9.17) is 0 Å². The molecule has 7 heteroatoms. The summed E-state index contributed by atoms with van der Waals surface area (Å²) < 4.78 is 0.522. The zero-order valence-electron chi connectivity index (χ0n) is 9.99. The Labute approximate surface area is 127 Å². The maximum absolute atomic E-state index is 12.2. The number of carbonyl (C=O) groups is 1. The van der Waals surface area contributed by atoms with E-state index in [0.29, 0.717) is 15.4 Å². The van der Waals surface area contributed by atoms with Crippen molar-refractivity contribution in [3.05, 3.63) is 38.3 Å². The number of hydrogen-bond acceptors (Lipinski definition) is 3. The van der Waals surface area contributed by atoms with Gasteiger partial charge in [-0.1, -0.05) is 31.9 Å². The van der Waals surface area contributed by atoms with Gasteiger partial charge in [0.05, 0.1) is 10.5 Å². The van der Waals surface area contributed by atoms with E-state index in [2.05, 4.69) is 37.2 Å². The largest absolute Gasteiger partial charge is 0.346 e. The predicted octanol–water partition coefficient (Wildman–Crippen LogP) is 3.40. The molecule has 0 bridgehead atoms. The van der Waals surface area contributed by atoms with Gasteiger partial charge in [-0.3, -0.25) is 14.9 Å². The molecule has 1 fully saturated rings. The van der Waals surface area contributed by atoms with Gasteiger partial charge in [0.25, 0.3) is 11.6 Å². The van der Waals surface area contributed by atoms with Crippen molar-refractivity contribution >= 4 is 43.5 Å². The summed E-state index contributed by atoms with van der Waals surface area (Å²) in [4.78, 5) is 22.4. The van der Waals surface area contributed by atoms with E-state index in [1.54, 1.807) is 6.07 Å². The Hall–Kier alpha value is -0.950. The van der Waals surface area contributed by atoms with E-state index in [9.17, 15) is 14.9 Å². The van der Waals surface area contributed by atoms with Crippen LogP contribution in [0.1, 0.15) is 29.6 Å². The fourth-order valence-corrected chi connectivity index (χ4v) is 3.20. The number of benzene rings is 1. The minimum absolute atomic E-state index is 0.0963. The Bertz CT molecular complexity index is 524. The van der Waals surface area contributed by atoms with Crippen molar-refractivity contribution in [2.24, 2.45) is 0 Å². The van der Waals surface area contributed by atoms with Crippen LogP contribution in [0.4, 0.5) is 5.69 Å². The molecule has 0 heterocycles. The molecule has 102 valence electrons. The molecule has 5 nitrogen and oxygen atoms in total. The maximum atomic E-state index is 12.2. The minimum Gasteiger partial charge on any atom is -0.346 e. The van der Waals surface area contributed by atoms with Crippen LogP contribution < -0.4 is 5.32 Å². The standard InChI is InChI=1S/C12H12Br2N2O3/c13-7-12(2-1-3-12)15-11(17)8-4-9(14)6-10(5-8)16(18)19/h4-6H,1-3,7H2,(H,15,17). The maximum Gasteiger partial charge on any atom is 0.271 e. The number of halogens is 2. The molecule has 1 aromatic rings. The first-order valence-corrected chi connectivity index (χ1v) is 7.71. The van der Waals surface area contributed by atoms with Gasteiger partial charge in [0, 0.05) is 27.5 Å². The van der Waals surface area contributed by atoms with Crippen molar-refractivity contribution in [2.45, 2.75) is 24.8 Å². The average Bonchev–Trinajstić information content (AvgIpc) is 2.32. The molecule has 1 aliphatic rings. The summed E-state index contributed by atoms with van der Waals surface area (Å²) in [5, 5.41) is 14.4. The SMILES string of the molecule is O=C(NC1(CBr)CCC1)c1cc(Br)cc([N+](=O)[O-])c1. The molecule has 0 atom stereocenters. The van der Waals surface area contributed by atoms with Crippen LogP contribution in [0.15, 0.2) is 22.7 Å². The zero-order chi connectivity index (χ0) is 14.0. The Morgan fingerprint density at radius 2 is 2.11 bits per heavy atom. The number of hydrogen-bond donors (Lipinski definition) is 1. The highest BCUT2D eigenvalue weighted by Crippen LogP contribution is 2.34. The number of non-ortho nitro benzene ring substituents is 1. The van der Waals surface area contributed by atoms with Gasteiger partial charge < -0.3 is 5.32 Å². The molecule has 0 saturated heterocycles. The number of nitrogens with one attached hydrogen (secondary N) is 1. The molecule has 1 aromatic carbocycles. The van der Waals surface area contributed by atoms with Crippen LogP contribution in [0.2, 0.25) is 0 Å². The Morgan fingerprint density at radius 3 is 2.58 bits per heavy atom. The molecule has 2 rings (SSSR count). The van der Waals surface area contributed by atoms with Crippen molar-refractivity contribution in [1.29, 1.82) is 0 Å². The minimum atomic E-state index is -0.509. The number of rotatable bonds is 4. The first-order valence-electron chi connectivity index (χ1n) is 5.79. The Morgan fingerprint density at radius 1 is 1.42 bits per heavy atom. The highest BCUT2D eigenvalue weighted by molar-refractivity contribution is 9.10. The number of nitrogens with zero attached hydrogens (tertiary/aromatic N) is 1. The second-order valence-corrected chi connectivity index (χ2v) is 6.15. The van der Waals surface area contributed by atoms with E-state index in [0.717, 1.165) is 19.3 Å². The summed E-state index contributed by atoms with van der Waals surface area (Å²) in [6, 6.07) is 4.25. The van der Waals surface area contributed by atoms with E-state index in [-0.39, 0.29) is 17.1 Å². The molecule has 0 aromatic heterocycles. The quantitative estimate of drug-likeness (QED) is 0.485. The molecule has 0 radical (unpaired) electrons. The molecule has 1 aliphatic carbocycles. The first-order chi connectivity index (χ1) is 8.96. The fraction of sp³-hybridized carbons (Fsp3) is 0.417. The van der Waals surface area contributed by atoms with Gasteiger partial charge in [0.2, 0.25) is 0 Å². The van der Waals surface area contributed by atoms with Crippen LogP contribution in [-0.2, 0) is 0 Å². The third-order valence-electron chi connectivity index (χ3n) is 3.30. The van der Waals surface area contributed by atoms with Crippen LogP contribution in [0.3, 0.4) is 0 Å². The normalized spacial score (nSPS) is 16.5. The summed E-state index contributed by atoms with van der Waals surface area (Å²) in [6.45, 7) is 0. The van der Waals surface area contributed by atoms with E-state index in [1.807, 2.05) is 0 Å². The van der Waals surface area contributed by atoms with Crippen LogP contribution in [0.25, 0.3) is 0 Å². The molecule has 1 N–H and O–H groups in total. The second kappa shape index (κ2) is 5.58. The Balaban J connectivity index is 2.21. The third-order valence-corrected chi connectivity index (χ3v) is 4.83. The van der Waals surface area contributed by atoms with Crippen LogP contribution >= 0.6 is 31.9 Å². The van der Waals surface area contributed by atoms with Crippen LogP contribution in [-0.4, -0.2) is 21.7 Å². The van der Waals surface area contributed by atoms with Gasteiger partial charge in [-0.25, -0.2) is 0 Å². The summed E-state index contributed by atoms with van der Waals surface area (Å²) >= 11 is 6.59. The van der Waals surface area contributed by atoms with E-state index >= 15 is 0 Å². The molecule has 1 saturated carbocycles. The topological polar surface area (TPSA) is 72.2 Å². The van der Waals surface area contributed by atoms with Gasteiger partial charge in [0.15, 0.2) is 0 Å². The van der Waals surface area contributed by atoms with Crippen molar-refractivity contribution in [3.63, 3.8) is 0 Å². The van der Waals surface area contributed by atoms with E-state index in [1.165, 1.54) is 12.1 Å². The van der Waals surface area contributed by atoms with Crippen molar-refractivity contribution < 1.29 is 9.72 Å². The van der Waals surface area contributed by atoms with Crippen LogP contribution in [0, 0.1) is 10.1 Å². The molecule has 1 amide bonds. The first kappa shape index (κ1) is 14.5. The zero-order valence-corrected chi connectivity index (χ0v) is 13.2. The number of carbonyl (C=O) groups excluding carboxylic acids is 1. The van der Waals surface area contributed by atoms with Gasteiger partial charge in [0.1, 0.15) is 0 Å². The molecule has 0 unspecified atom stereocenters. The van der Waals surface area contributed by atoms with Crippen molar-refractivity contribution in [3.8, 4) is 0 Å². The molecular weight excluding hydrogens is 380 g/mol. The lowest BCUT2D eigenvalue weighted by atomic mass is 9.78. The highest BCUT2D eigenvalue weighted by atomic mass is 79.9. The lowest BCUT2D eigenvalue weighted by Crippen LogP contribution is -2.54. The third kappa shape index (κ3) is 3.14. The van der Waals surface area contributed by atoms with Gasteiger partial charge in [-0.05, 0) is 25.3 Å². The number of amides is 1. The monoisotopic (exact) mass is 390 g/mol. The fourth-order valence-electron chi connectivity index (χ4n) is 2.02. The predicted molar refractivity (Wildman–Crippen MR) is 78.6 cm³/mol.